The Hall–Kier alpha value is 1.21. The van der Waals surface area contributed by atoms with Gasteiger partial charge in [-0.1, -0.05) is 0 Å². The Labute approximate surface area is 91.1 Å². The van der Waals surface area contributed by atoms with Crippen LogP contribution in [0, 0.1) is 0 Å². The molecule has 0 atom stereocenters. The molecule has 0 rings (SSSR count). The molecule has 5 heteroatoms. The van der Waals surface area contributed by atoms with E-state index in [1.54, 1.807) is 0 Å². The van der Waals surface area contributed by atoms with Gasteiger partial charge in [0.15, 0.2) is 0 Å². The first kappa shape index (κ1) is 18.1. The van der Waals surface area contributed by atoms with E-state index in [-0.39, 0.29) is 24.8 Å². The van der Waals surface area contributed by atoms with E-state index in [1.807, 2.05) is 0 Å². The molecule has 2 nitrogen and oxygen atoms in total. The maximum atomic E-state index is 5.19. The molecule has 11 heavy (non-hydrogen) atoms. The number of hydrogen-bond acceptors (Lipinski definition) is 2. The molecule has 0 bridgehead atoms. The van der Waals surface area contributed by atoms with Gasteiger partial charge in [0.05, 0.1) is 0 Å². The smallest absolute Gasteiger partial charge is 0.147 e. The molecule has 0 spiro atoms. The Balaban J connectivity index is -0.000000320. The van der Waals surface area contributed by atoms with Crippen molar-refractivity contribution in [2.75, 3.05) is 13.2 Å². The van der Waals surface area contributed by atoms with Crippen LogP contribution in [0.3, 0.4) is 0 Å². The minimum absolute atomic E-state index is 0. The second-order valence-corrected chi connectivity index (χ2v) is 2.94. The molecule has 0 aromatic rings. The van der Waals surface area contributed by atoms with Gasteiger partial charge in [0.25, 0.3) is 0 Å². The summed E-state index contributed by atoms with van der Waals surface area (Å²) in [5.41, 5.74) is 0. The van der Waals surface area contributed by atoms with Gasteiger partial charge in [-0.15, -0.1) is 24.8 Å². The van der Waals surface area contributed by atoms with Crippen LogP contribution in [0.4, 0.5) is 0 Å². The first-order valence-corrected chi connectivity index (χ1v) is 4.67. The molecule has 0 aliphatic heterocycles. The predicted octanol–water partition coefficient (Wildman–Crippen LogP) is 2.60. The first-order chi connectivity index (χ1) is 4.41. The van der Waals surface area contributed by atoms with E-state index in [0.29, 0.717) is 0 Å². The standard InChI is InChI=1S/2C3H7O.2ClH.Ti/c2*1-2-3-4;;;/h2*2-3H2,1H3;2*1H;/q2*-1;;;+2. The summed E-state index contributed by atoms with van der Waals surface area (Å²) in [5, 5.41) is 0. The first-order valence-electron chi connectivity index (χ1n) is 3.40. The van der Waals surface area contributed by atoms with Gasteiger partial charge in [-0.3, -0.25) is 0 Å². The molecule has 0 saturated carbocycles. The fourth-order valence-corrected chi connectivity index (χ4v) is 1.36. The third-order valence-electron chi connectivity index (χ3n) is 0.730. The Kier molecular flexibility index (Phi) is 28.5. The van der Waals surface area contributed by atoms with Crippen LogP contribution in [0.1, 0.15) is 26.7 Å². The SMILES string of the molecule is CCC[O][Ti][O]CCC.Cl.Cl. The zero-order valence-electron chi connectivity index (χ0n) is 6.96. The van der Waals surface area contributed by atoms with Crippen molar-refractivity contribution in [3.63, 3.8) is 0 Å². The molecule has 0 radical (unpaired) electrons. The summed E-state index contributed by atoms with van der Waals surface area (Å²) in [5.74, 6) is 0. The Morgan fingerprint density at radius 1 is 0.909 bits per heavy atom. The topological polar surface area (TPSA) is 18.5 Å². The minimum atomic E-state index is -0.504. The van der Waals surface area contributed by atoms with Crippen LogP contribution in [-0.2, 0) is 26.6 Å². The Bertz CT molecular complexity index is 51.8. The van der Waals surface area contributed by atoms with Crippen molar-refractivity contribution in [1.82, 2.24) is 0 Å². The molecule has 0 fully saturated rings. The van der Waals surface area contributed by atoms with Gasteiger partial charge in [0.2, 0.25) is 0 Å². The molecule has 0 aliphatic rings. The third-order valence-corrected chi connectivity index (χ3v) is 1.74. The van der Waals surface area contributed by atoms with Crippen molar-refractivity contribution < 1.29 is 26.6 Å². The maximum Gasteiger partial charge on any atom is -0.147 e. The van der Waals surface area contributed by atoms with Gasteiger partial charge in [-0.25, -0.2) is 0 Å². The van der Waals surface area contributed by atoms with Crippen LogP contribution >= 0.6 is 24.8 Å². The van der Waals surface area contributed by atoms with Crippen molar-refractivity contribution in [3.05, 3.63) is 0 Å². The van der Waals surface area contributed by atoms with Crippen molar-refractivity contribution in [2.24, 2.45) is 0 Å². The van der Waals surface area contributed by atoms with Gasteiger partial charge >= 0.3 is 66.5 Å². The van der Waals surface area contributed by atoms with Crippen LogP contribution < -0.4 is 0 Å². The number of hydrogen-bond donors (Lipinski definition) is 0. The van der Waals surface area contributed by atoms with Crippen LogP contribution in [0.2, 0.25) is 0 Å². The summed E-state index contributed by atoms with van der Waals surface area (Å²) in [4.78, 5) is 0. The van der Waals surface area contributed by atoms with E-state index in [9.17, 15) is 0 Å². The van der Waals surface area contributed by atoms with Crippen LogP contribution in [0.25, 0.3) is 0 Å². The molecular weight excluding hydrogens is 223 g/mol. The molecule has 0 heterocycles. The third kappa shape index (κ3) is 18.3. The van der Waals surface area contributed by atoms with Gasteiger partial charge in [-0.2, -0.15) is 0 Å². The quantitative estimate of drug-likeness (QED) is 0.523. The van der Waals surface area contributed by atoms with Gasteiger partial charge in [-0.05, 0) is 0 Å². The van der Waals surface area contributed by atoms with Gasteiger partial charge in [0.1, 0.15) is 0 Å². The van der Waals surface area contributed by atoms with E-state index >= 15 is 0 Å². The fraction of sp³-hybridized carbons (Fsp3) is 1.00. The Morgan fingerprint density at radius 2 is 1.27 bits per heavy atom. The fourth-order valence-electron chi connectivity index (χ4n) is 0.329. The number of rotatable bonds is 6. The van der Waals surface area contributed by atoms with Crippen LogP contribution in [0.15, 0.2) is 0 Å². The van der Waals surface area contributed by atoms with Gasteiger partial charge in [0, 0.05) is 0 Å². The van der Waals surface area contributed by atoms with Crippen molar-refractivity contribution in [1.29, 1.82) is 0 Å². The minimum Gasteiger partial charge on any atom is -0.147 e. The predicted molar refractivity (Wildman–Crippen MR) is 47.0 cm³/mol. The van der Waals surface area contributed by atoms with E-state index in [2.05, 4.69) is 13.8 Å². The average molecular weight is 239 g/mol. The molecule has 0 N–H and O–H groups in total. The molecule has 70 valence electrons. The molecule has 0 saturated heterocycles. The number of halogens is 2. The normalized spacial score (nSPS) is 7.82. The van der Waals surface area contributed by atoms with Crippen LogP contribution in [0.5, 0.6) is 0 Å². The molecule has 0 unspecified atom stereocenters. The average Bonchev–Trinajstić information content (AvgIpc) is 1.89. The van der Waals surface area contributed by atoms with E-state index in [1.165, 1.54) is 0 Å². The summed E-state index contributed by atoms with van der Waals surface area (Å²) in [6, 6.07) is 0. The second-order valence-electron chi connectivity index (χ2n) is 1.78. The summed E-state index contributed by atoms with van der Waals surface area (Å²) in [6.45, 7) is 5.94. The summed E-state index contributed by atoms with van der Waals surface area (Å²) in [7, 11) is 0. The zero-order chi connectivity index (χ0) is 6.95. The monoisotopic (exact) mass is 238 g/mol. The van der Waals surface area contributed by atoms with Crippen molar-refractivity contribution >= 4 is 24.8 Å². The van der Waals surface area contributed by atoms with Gasteiger partial charge < -0.3 is 0 Å². The molecule has 0 aromatic carbocycles. The summed E-state index contributed by atoms with van der Waals surface area (Å²) < 4.78 is 10.4. The van der Waals surface area contributed by atoms with E-state index in [4.69, 9.17) is 6.64 Å². The van der Waals surface area contributed by atoms with Crippen LogP contribution in [-0.4, -0.2) is 13.2 Å². The van der Waals surface area contributed by atoms with E-state index in [0.717, 1.165) is 26.1 Å². The molecule has 0 aromatic heterocycles. The van der Waals surface area contributed by atoms with Crippen molar-refractivity contribution in [3.8, 4) is 0 Å². The summed E-state index contributed by atoms with van der Waals surface area (Å²) in [6.07, 6.45) is 2.19. The second kappa shape index (κ2) is 17.3. The molecule has 0 aliphatic carbocycles. The van der Waals surface area contributed by atoms with Crippen molar-refractivity contribution in [2.45, 2.75) is 26.7 Å². The summed E-state index contributed by atoms with van der Waals surface area (Å²) >= 11 is -0.504. The Morgan fingerprint density at radius 3 is 1.55 bits per heavy atom. The molecule has 0 amide bonds. The molecular formula is C6H16Cl2O2Ti. The zero-order valence-corrected chi connectivity index (χ0v) is 10.2. The van der Waals surface area contributed by atoms with E-state index < -0.39 is 19.9 Å². The maximum absolute atomic E-state index is 5.19. The largest absolute Gasteiger partial charge is 0.147 e.